The van der Waals surface area contributed by atoms with Crippen LogP contribution in [-0.2, 0) is 27.3 Å². The van der Waals surface area contributed by atoms with Gasteiger partial charge in [0, 0.05) is 57.6 Å². The van der Waals surface area contributed by atoms with Gasteiger partial charge < -0.3 is 34.5 Å². The highest BCUT2D eigenvalue weighted by Gasteiger charge is 2.28. The Labute approximate surface area is 261 Å². The Morgan fingerprint density at radius 2 is 1.91 bits per heavy atom. The number of methoxy groups -OCH3 is 2. The van der Waals surface area contributed by atoms with Crippen LogP contribution >= 0.6 is 0 Å². The van der Waals surface area contributed by atoms with Crippen molar-refractivity contribution in [1.29, 1.82) is 0 Å². The van der Waals surface area contributed by atoms with Gasteiger partial charge in [-0.3, -0.25) is 4.79 Å². The Bertz CT molecular complexity index is 1330. The van der Waals surface area contributed by atoms with Crippen molar-refractivity contribution in [2.24, 2.45) is 0 Å². The van der Waals surface area contributed by atoms with E-state index in [2.05, 4.69) is 58.1 Å². The summed E-state index contributed by atoms with van der Waals surface area (Å²) in [5.74, 6) is 2.91. The number of amides is 1. The van der Waals surface area contributed by atoms with Gasteiger partial charge in [-0.1, -0.05) is 24.3 Å². The second-order valence-corrected chi connectivity index (χ2v) is 11.4. The molecule has 0 unspecified atom stereocenters. The van der Waals surface area contributed by atoms with Gasteiger partial charge >= 0.3 is 0 Å². The van der Waals surface area contributed by atoms with Crippen molar-refractivity contribution in [1.82, 2.24) is 10.3 Å². The fraction of sp³-hybridized carbons (Fsp3) is 0.486. The second kappa shape index (κ2) is 16.4. The lowest BCUT2D eigenvalue weighted by molar-refractivity contribution is -0.118. The molecule has 3 heterocycles. The topological polar surface area (TPSA) is 94.2 Å². The summed E-state index contributed by atoms with van der Waals surface area (Å²) in [6.07, 6.45) is 6.93. The van der Waals surface area contributed by atoms with Crippen LogP contribution in [0.2, 0.25) is 0 Å². The summed E-state index contributed by atoms with van der Waals surface area (Å²) >= 11 is 0. The largest absolute Gasteiger partial charge is 0.494 e. The molecule has 2 aliphatic heterocycles. The molecule has 2 aliphatic rings. The lowest BCUT2D eigenvalue weighted by atomic mass is 9.87. The highest BCUT2D eigenvalue weighted by Crippen LogP contribution is 2.32. The SMILES string of the molecule is COCCCN1C(=O)CCc2ccc(CO[C@H]3CNCC[C@@H]3c3ccc(OCCCCNc4ncccc4OC)cc3)cc21. The number of carbonyl (C=O) groups is 1. The minimum atomic E-state index is 0.0659. The molecule has 0 aliphatic carbocycles. The van der Waals surface area contributed by atoms with Crippen molar-refractivity contribution in [2.45, 2.75) is 57.2 Å². The predicted molar refractivity (Wildman–Crippen MR) is 173 cm³/mol. The molecule has 0 saturated carbocycles. The maximum Gasteiger partial charge on any atom is 0.227 e. The van der Waals surface area contributed by atoms with E-state index in [-0.39, 0.29) is 12.0 Å². The molecule has 0 bridgehead atoms. The van der Waals surface area contributed by atoms with E-state index in [0.29, 0.717) is 38.7 Å². The Balaban J connectivity index is 1.10. The van der Waals surface area contributed by atoms with Crippen molar-refractivity contribution >= 4 is 17.4 Å². The average molecular weight is 603 g/mol. The molecule has 1 amide bonds. The van der Waals surface area contributed by atoms with E-state index in [9.17, 15) is 4.79 Å². The minimum Gasteiger partial charge on any atom is -0.494 e. The number of carbonyl (C=O) groups excluding carboxylic acids is 1. The minimum absolute atomic E-state index is 0.0659. The zero-order valence-corrected chi connectivity index (χ0v) is 26.1. The predicted octanol–water partition coefficient (Wildman–Crippen LogP) is 5.34. The molecule has 9 nitrogen and oxygen atoms in total. The van der Waals surface area contributed by atoms with E-state index in [1.54, 1.807) is 20.4 Å². The Hall–Kier alpha value is -3.66. The van der Waals surface area contributed by atoms with Crippen LogP contribution in [0.3, 0.4) is 0 Å². The molecule has 2 aromatic carbocycles. The number of ether oxygens (including phenoxy) is 4. The number of aromatic nitrogens is 1. The van der Waals surface area contributed by atoms with E-state index in [4.69, 9.17) is 18.9 Å². The lowest BCUT2D eigenvalue weighted by Gasteiger charge is -2.33. The van der Waals surface area contributed by atoms with E-state index in [0.717, 1.165) is 80.3 Å². The summed E-state index contributed by atoms with van der Waals surface area (Å²) < 4.78 is 23.1. The second-order valence-electron chi connectivity index (χ2n) is 11.4. The Morgan fingerprint density at radius 3 is 2.75 bits per heavy atom. The van der Waals surface area contributed by atoms with Crippen molar-refractivity contribution in [3.05, 3.63) is 77.5 Å². The zero-order chi connectivity index (χ0) is 30.6. The van der Waals surface area contributed by atoms with Gasteiger partial charge in [0.15, 0.2) is 11.6 Å². The molecular weight excluding hydrogens is 556 g/mol. The van der Waals surface area contributed by atoms with Crippen LogP contribution in [0.4, 0.5) is 11.5 Å². The number of fused-ring (bicyclic) bond motifs is 1. The summed E-state index contributed by atoms with van der Waals surface area (Å²) in [7, 11) is 3.35. The summed E-state index contributed by atoms with van der Waals surface area (Å²) in [5.41, 5.74) is 4.62. The smallest absolute Gasteiger partial charge is 0.227 e. The number of rotatable bonds is 16. The molecule has 3 aromatic rings. The van der Waals surface area contributed by atoms with E-state index < -0.39 is 0 Å². The van der Waals surface area contributed by atoms with Gasteiger partial charge in [-0.25, -0.2) is 4.98 Å². The molecule has 0 spiro atoms. The van der Waals surface area contributed by atoms with Crippen molar-refractivity contribution in [2.75, 3.05) is 63.8 Å². The molecule has 1 fully saturated rings. The first-order valence-electron chi connectivity index (χ1n) is 15.9. The molecule has 5 rings (SSSR count). The molecular formula is C35H46N4O5. The number of aryl methyl sites for hydroxylation is 1. The Kier molecular flexibility index (Phi) is 11.9. The molecule has 44 heavy (non-hydrogen) atoms. The number of anilines is 2. The van der Waals surface area contributed by atoms with Crippen LogP contribution < -0.4 is 25.0 Å². The highest BCUT2D eigenvalue weighted by atomic mass is 16.5. The van der Waals surface area contributed by atoms with Crippen LogP contribution in [0.15, 0.2) is 60.8 Å². The van der Waals surface area contributed by atoms with E-state index in [1.807, 2.05) is 17.0 Å². The van der Waals surface area contributed by atoms with Gasteiger partial charge in [0.05, 0.1) is 26.4 Å². The average Bonchev–Trinajstić information content (AvgIpc) is 3.07. The number of nitrogens with one attached hydrogen (secondary N) is 2. The number of hydrogen-bond donors (Lipinski definition) is 2. The summed E-state index contributed by atoms with van der Waals surface area (Å²) in [4.78, 5) is 18.9. The first-order chi connectivity index (χ1) is 21.7. The molecule has 2 N–H and O–H groups in total. The van der Waals surface area contributed by atoms with Gasteiger partial charge in [0.2, 0.25) is 5.91 Å². The molecule has 1 aromatic heterocycles. The maximum absolute atomic E-state index is 12.7. The van der Waals surface area contributed by atoms with Gasteiger partial charge in [0.25, 0.3) is 0 Å². The van der Waals surface area contributed by atoms with Gasteiger partial charge in [-0.15, -0.1) is 0 Å². The molecule has 1 saturated heterocycles. The monoisotopic (exact) mass is 602 g/mol. The molecule has 0 radical (unpaired) electrons. The standard InChI is InChI=1S/C35H46N4O5/c1-41-21-6-20-39-31-23-26(8-9-28(31)12-15-34(39)40)25-44-33-24-36-19-16-30(33)27-10-13-29(14-11-27)43-22-4-3-17-37-35-32(42-2)7-5-18-38-35/h5,7-11,13-14,18,23,30,33,36H,3-4,6,12,15-17,19-22,24-25H2,1-2H3,(H,37,38)/t30-,33+/m1/s1. The van der Waals surface area contributed by atoms with Crippen LogP contribution in [-0.4, -0.2) is 70.6 Å². The maximum atomic E-state index is 12.7. The first kappa shape index (κ1) is 31.8. The van der Waals surface area contributed by atoms with E-state index >= 15 is 0 Å². The third-order valence-corrected chi connectivity index (χ3v) is 8.40. The van der Waals surface area contributed by atoms with Gasteiger partial charge in [-0.2, -0.15) is 0 Å². The number of pyridine rings is 1. The van der Waals surface area contributed by atoms with Gasteiger partial charge in [0.1, 0.15) is 5.75 Å². The Morgan fingerprint density at radius 1 is 1.02 bits per heavy atom. The van der Waals surface area contributed by atoms with Crippen LogP contribution in [0.5, 0.6) is 11.5 Å². The normalized spacial score (nSPS) is 18.1. The van der Waals surface area contributed by atoms with Gasteiger partial charge in [-0.05, 0) is 85.7 Å². The summed E-state index contributed by atoms with van der Waals surface area (Å²) in [6, 6.07) is 18.7. The number of nitrogens with zero attached hydrogens (tertiary/aromatic N) is 2. The summed E-state index contributed by atoms with van der Waals surface area (Å²) in [5, 5.41) is 6.83. The van der Waals surface area contributed by atoms with E-state index in [1.165, 1.54) is 11.1 Å². The van der Waals surface area contributed by atoms with Crippen molar-refractivity contribution < 1.29 is 23.7 Å². The lowest BCUT2D eigenvalue weighted by Crippen LogP contribution is -2.41. The van der Waals surface area contributed by atoms with Crippen LogP contribution in [0, 0.1) is 0 Å². The fourth-order valence-corrected chi connectivity index (χ4v) is 6.00. The number of hydrogen-bond acceptors (Lipinski definition) is 8. The zero-order valence-electron chi connectivity index (χ0n) is 26.1. The number of benzene rings is 2. The number of unbranched alkanes of at least 4 members (excludes halogenated alkanes) is 1. The van der Waals surface area contributed by atoms with Crippen molar-refractivity contribution in [3.63, 3.8) is 0 Å². The number of piperidine rings is 1. The quantitative estimate of drug-likeness (QED) is 0.212. The highest BCUT2D eigenvalue weighted by molar-refractivity contribution is 5.96. The molecule has 236 valence electrons. The third kappa shape index (κ3) is 8.49. The fourth-order valence-electron chi connectivity index (χ4n) is 6.00. The first-order valence-corrected chi connectivity index (χ1v) is 15.9. The third-order valence-electron chi connectivity index (χ3n) is 8.40. The summed E-state index contributed by atoms with van der Waals surface area (Å²) in [6.45, 7) is 5.09. The molecule has 9 heteroatoms. The molecule has 2 atom stereocenters. The van der Waals surface area contributed by atoms with Crippen LogP contribution in [0.1, 0.15) is 54.7 Å². The van der Waals surface area contributed by atoms with Crippen molar-refractivity contribution in [3.8, 4) is 11.5 Å². The van der Waals surface area contributed by atoms with Crippen LogP contribution in [0.25, 0.3) is 0 Å².